The number of carbonyl (C=O) groups excluding carboxylic acids is 2. The minimum Gasteiger partial charge on any atom is -0.388 e. The van der Waals surface area contributed by atoms with Gasteiger partial charge in [0.25, 0.3) is 0 Å². The fraction of sp³-hybridized carbons (Fsp3) is 0.778. The van der Waals surface area contributed by atoms with E-state index in [2.05, 4.69) is 4.52 Å². The molecule has 1 aliphatic rings. The fourth-order valence-electron chi connectivity index (χ4n) is 1.15. The molecule has 1 heterocycles. The highest BCUT2D eigenvalue weighted by Crippen LogP contribution is 2.36. The maximum absolute atomic E-state index is 10.2. The topological polar surface area (TPSA) is 163 Å². The fourth-order valence-corrected chi connectivity index (χ4v) is 1.49. The lowest BCUT2D eigenvalue weighted by molar-refractivity contribution is -0.124. The molecular weight excluding hydrogens is 297 g/mol. The predicted octanol–water partition coefficient (Wildman–Crippen LogP) is -2.11. The lowest BCUT2D eigenvalue weighted by Crippen LogP contribution is -2.32. The summed E-state index contributed by atoms with van der Waals surface area (Å²) in [5.74, 6) is -0.241. The van der Waals surface area contributed by atoms with Gasteiger partial charge in [0.1, 0.15) is 18.3 Å². The van der Waals surface area contributed by atoms with Gasteiger partial charge in [0.15, 0.2) is 0 Å². The zero-order valence-electron chi connectivity index (χ0n) is 10.7. The summed E-state index contributed by atoms with van der Waals surface area (Å²) in [5, 5.41) is 20.1. The summed E-state index contributed by atoms with van der Waals surface area (Å²) in [6.07, 6.45) is -2.33. The maximum Gasteiger partial charge on any atom is 0.469 e. The molecule has 20 heavy (non-hydrogen) atoms. The molecule has 3 atom stereocenters. The average molecular weight is 315 g/mol. The molecule has 10 nitrogen and oxygen atoms in total. The van der Waals surface area contributed by atoms with Gasteiger partial charge in [-0.25, -0.2) is 4.57 Å². The van der Waals surface area contributed by atoms with E-state index in [9.17, 15) is 14.2 Å². The first-order chi connectivity index (χ1) is 9.21. The lowest BCUT2D eigenvalue weighted by atomic mass is 10.2. The number of nitrogens with one attached hydrogen (secondary N) is 1. The number of hydrogen-bond donors (Lipinski definition) is 5. The van der Waals surface area contributed by atoms with Crippen molar-refractivity contribution in [1.82, 2.24) is 5.32 Å². The summed E-state index contributed by atoms with van der Waals surface area (Å²) in [5.41, 5.74) is 0. The summed E-state index contributed by atoms with van der Waals surface area (Å²) < 4.78 is 19.2. The Morgan fingerprint density at radius 2 is 2.10 bits per heavy atom. The third-order valence-corrected chi connectivity index (χ3v) is 2.69. The number of phosphoric ester groups is 1. The van der Waals surface area contributed by atoms with Crippen LogP contribution in [0.3, 0.4) is 0 Å². The van der Waals surface area contributed by atoms with Crippen molar-refractivity contribution in [2.75, 3.05) is 13.2 Å². The van der Waals surface area contributed by atoms with Crippen LogP contribution in [0.5, 0.6) is 0 Å². The smallest absolute Gasteiger partial charge is 0.388 e. The van der Waals surface area contributed by atoms with Crippen molar-refractivity contribution >= 4 is 20.1 Å². The van der Waals surface area contributed by atoms with E-state index in [-0.39, 0.29) is 12.5 Å². The van der Waals surface area contributed by atoms with Gasteiger partial charge in [-0.1, -0.05) is 6.92 Å². The molecule has 0 spiro atoms. The van der Waals surface area contributed by atoms with Crippen molar-refractivity contribution in [3.63, 3.8) is 0 Å². The Morgan fingerprint density at radius 3 is 2.40 bits per heavy atom. The largest absolute Gasteiger partial charge is 0.469 e. The number of aliphatic hydroxyl groups excluding tert-OH is 2. The van der Waals surface area contributed by atoms with E-state index < -0.39 is 32.7 Å². The van der Waals surface area contributed by atoms with Crippen LogP contribution in [-0.4, -0.2) is 63.8 Å². The van der Waals surface area contributed by atoms with Gasteiger partial charge in [-0.2, -0.15) is 0 Å². The quantitative estimate of drug-likeness (QED) is 0.282. The molecule has 0 aromatic carbocycles. The second-order valence-corrected chi connectivity index (χ2v) is 4.99. The van der Waals surface area contributed by atoms with Gasteiger partial charge in [0.2, 0.25) is 12.3 Å². The molecule has 0 saturated carbocycles. The van der Waals surface area contributed by atoms with E-state index in [1.807, 2.05) is 5.32 Å². The SMILES string of the molecule is CCC(=O)NC=O.O=P(O)(O)OC[C@H]1OC[C@H](O)[C@@H]1O. The van der Waals surface area contributed by atoms with Crippen LogP contribution in [0.25, 0.3) is 0 Å². The van der Waals surface area contributed by atoms with E-state index >= 15 is 0 Å². The van der Waals surface area contributed by atoms with Gasteiger partial charge >= 0.3 is 7.82 Å². The van der Waals surface area contributed by atoms with Crippen molar-refractivity contribution in [1.29, 1.82) is 0 Å². The highest BCUT2D eigenvalue weighted by atomic mass is 31.2. The zero-order valence-corrected chi connectivity index (χ0v) is 11.6. The average Bonchev–Trinajstić information content (AvgIpc) is 2.68. The molecule has 118 valence electrons. The number of phosphoric acid groups is 1. The third kappa shape index (κ3) is 8.33. The zero-order chi connectivity index (χ0) is 15.8. The number of amides is 2. The Hall–Kier alpha value is -0.870. The van der Waals surface area contributed by atoms with Crippen LogP contribution >= 0.6 is 7.82 Å². The molecule has 2 amide bonds. The Morgan fingerprint density at radius 1 is 1.50 bits per heavy atom. The maximum atomic E-state index is 10.2. The van der Waals surface area contributed by atoms with Crippen LogP contribution in [0.2, 0.25) is 0 Å². The van der Waals surface area contributed by atoms with Crippen LogP contribution in [0, 0.1) is 0 Å². The molecular formula is C9H18NO9P. The van der Waals surface area contributed by atoms with Crippen LogP contribution in [0.15, 0.2) is 0 Å². The summed E-state index contributed by atoms with van der Waals surface area (Å²) >= 11 is 0. The highest BCUT2D eigenvalue weighted by molar-refractivity contribution is 7.46. The van der Waals surface area contributed by atoms with Crippen LogP contribution in [0.1, 0.15) is 13.3 Å². The van der Waals surface area contributed by atoms with Gasteiger partial charge < -0.3 is 24.7 Å². The van der Waals surface area contributed by atoms with Crippen molar-refractivity contribution in [2.45, 2.75) is 31.7 Å². The molecule has 1 saturated heterocycles. The molecule has 5 N–H and O–H groups in total. The Labute approximate surface area is 114 Å². The Kier molecular flexibility index (Phi) is 8.74. The van der Waals surface area contributed by atoms with Crippen molar-refractivity contribution < 1.29 is 43.4 Å². The Balaban J connectivity index is 0.000000441. The van der Waals surface area contributed by atoms with E-state index in [0.717, 1.165) is 0 Å². The first-order valence-electron chi connectivity index (χ1n) is 5.62. The van der Waals surface area contributed by atoms with Gasteiger partial charge in [-0.05, 0) is 0 Å². The second-order valence-electron chi connectivity index (χ2n) is 3.75. The molecule has 1 fully saturated rings. The first kappa shape index (κ1) is 19.1. The molecule has 1 rings (SSSR count). The van der Waals surface area contributed by atoms with Crippen LogP contribution in [-0.2, 0) is 23.4 Å². The molecule has 0 aliphatic carbocycles. The minimum atomic E-state index is -4.54. The van der Waals surface area contributed by atoms with Gasteiger partial charge in [0, 0.05) is 6.42 Å². The summed E-state index contributed by atoms with van der Waals surface area (Å²) in [7, 11) is -4.54. The number of aliphatic hydroxyl groups is 2. The van der Waals surface area contributed by atoms with Gasteiger partial charge in [-0.15, -0.1) is 0 Å². The number of carbonyl (C=O) groups is 2. The Bertz CT molecular complexity index is 357. The van der Waals surface area contributed by atoms with Gasteiger partial charge in [-0.3, -0.25) is 19.4 Å². The van der Waals surface area contributed by atoms with Gasteiger partial charge in [0.05, 0.1) is 13.2 Å². The number of rotatable bonds is 5. The molecule has 0 radical (unpaired) electrons. The summed E-state index contributed by atoms with van der Waals surface area (Å²) in [6.45, 7) is 1.18. The monoisotopic (exact) mass is 315 g/mol. The minimum absolute atomic E-state index is 0.0592. The van der Waals surface area contributed by atoms with E-state index in [1.165, 1.54) is 0 Å². The summed E-state index contributed by atoms with van der Waals surface area (Å²) in [6, 6.07) is 0. The van der Waals surface area contributed by atoms with E-state index in [0.29, 0.717) is 12.8 Å². The molecule has 0 unspecified atom stereocenters. The van der Waals surface area contributed by atoms with Crippen molar-refractivity contribution in [3.05, 3.63) is 0 Å². The number of ether oxygens (including phenoxy) is 1. The van der Waals surface area contributed by atoms with Crippen molar-refractivity contribution in [2.24, 2.45) is 0 Å². The second kappa shape index (κ2) is 9.14. The lowest BCUT2D eigenvalue weighted by Gasteiger charge is -2.14. The molecule has 0 bridgehead atoms. The standard InChI is InChI=1S/C5H11O7P.C4H7NO2/c6-3-1-11-4(5(3)7)2-12-13(8,9)10;1-2-4(7)5-3-6/h3-7H,1-2H2,(H2,8,9,10);3H,2H2,1H3,(H,5,6,7)/t3-,4+,5-;/m0./s1. The van der Waals surface area contributed by atoms with E-state index in [4.69, 9.17) is 24.7 Å². The van der Waals surface area contributed by atoms with Crippen LogP contribution < -0.4 is 5.32 Å². The third-order valence-electron chi connectivity index (χ3n) is 2.20. The number of hydrogen-bond acceptors (Lipinski definition) is 7. The normalized spacial score (nSPS) is 25.6. The molecule has 0 aromatic rings. The number of imide groups is 1. The predicted molar refractivity (Wildman–Crippen MR) is 64.2 cm³/mol. The van der Waals surface area contributed by atoms with E-state index in [1.54, 1.807) is 6.92 Å². The molecule has 0 aromatic heterocycles. The van der Waals surface area contributed by atoms with Crippen molar-refractivity contribution in [3.8, 4) is 0 Å². The molecule has 1 aliphatic heterocycles. The highest BCUT2D eigenvalue weighted by Gasteiger charge is 2.35. The van der Waals surface area contributed by atoms with Crippen LogP contribution in [0.4, 0.5) is 0 Å². The molecule has 11 heteroatoms. The summed E-state index contributed by atoms with van der Waals surface area (Å²) in [4.78, 5) is 36.2. The first-order valence-corrected chi connectivity index (χ1v) is 7.15.